The molecular weight excluding hydrogens is 355 g/mol. The average molecular weight is 370 g/mol. The second-order valence-corrected chi connectivity index (χ2v) is 6.48. The molecule has 0 aliphatic heterocycles. The molecule has 2 rings (SSSR count). The van der Waals surface area contributed by atoms with Crippen LogP contribution in [0.3, 0.4) is 0 Å². The monoisotopic (exact) mass is 370 g/mol. The van der Waals surface area contributed by atoms with Gasteiger partial charge in [-0.3, -0.25) is 0 Å². The molecular formula is C14H15IN2S. The van der Waals surface area contributed by atoms with Gasteiger partial charge in [0.25, 0.3) is 0 Å². The summed E-state index contributed by atoms with van der Waals surface area (Å²) in [6.07, 6.45) is 0. The number of halogens is 1. The third kappa shape index (κ3) is 3.11. The first-order valence-electron chi connectivity index (χ1n) is 5.57. The van der Waals surface area contributed by atoms with Crippen LogP contribution in [0.4, 0.5) is 11.4 Å². The van der Waals surface area contributed by atoms with E-state index in [-0.39, 0.29) is 0 Å². The van der Waals surface area contributed by atoms with Crippen LogP contribution in [0.5, 0.6) is 0 Å². The highest BCUT2D eigenvalue weighted by Gasteiger charge is 2.07. The summed E-state index contributed by atoms with van der Waals surface area (Å²) in [4.78, 5) is 4.44. The molecule has 0 aliphatic carbocycles. The molecule has 18 heavy (non-hydrogen) atoms. The van der Waals surface area contributed by atoms with Gasteiger partial charge >= 0.3 is 0 Å². The van der Waals surface area contributed by atoms with Crippen LogP contribution in [0.2, 0.25) is 0 Å². The van der Waals surface area contributed by atoms with Crippen molar-refractivity contribution in [2.75, 3.05) is 24.7 Å². The number of hydrogen-bond donors (Lipinski definition) is 1. The zero-order chi connectivity index (χ0) is 13.1. The van der Waals surface area contributed by atoms with Crippen molar-refractivity contribution < 1.29 is 0 Å². The van der Waals surface area contributed by atoms with E-state index in [2.05, 4.69) is 78.0 Å². The Morgan fingerprint density at radius 1 is 1.06 bits per heavy atom. The van der Waals surface area contributed by atoms with Gasteiger partial charge in [-0.15, -0.1) is 0 Å². The van der Waals surface area contributed by atoms with Gasteiger partial charge in [-0.1, -0.05) is 23.9 Å². The topological polar surface area (TPSA) is 29.3 Å². The fraction of sp³-hybridized carbons (Fsp3) is 0.143. The van der Waals surface area contributed by atoms with E-state index in [1.165, 1.54) is 10.6 Å². The molecule has 0 saturated carbocycles. The summed E-state index contributed by atoms with van der Waals surface area (Å²) < 4.78 is 1.16. The lowest BCUT2D eigenvalue weighted by molar-refractivity contribution is 1.10. The molecule has 2 nitrogen and oxygen atoms in total. The summed E-state index contributed by atoms with van der Waals surface area (Å²) >= 11 is 3.98. The van der Waals surface area contributed by atoms with Crippen LogP contribution >= 0.6 is 34.4 Å². The first-order chi connectivity index (χ1) is 8.58. The second-order valence-electron chi connectivity index (χ2n) is 4.15. The Morgan fingerprint density at radius 3 is 2.44 bits per heavy atom. The van der Waals surface area contributed by atoms with Crippen molar-refractivity contribution in [2.24, 2.45) is 0 Å². The Morgan fingerprint density at radius 2 is 1.78 bits per heavy atom. The summed E-state index contributed by atoms with van der Waals surface area (Å²) in [5.74, 6) is 0. The maximum absolute atomic E-state index is 6.06. The molecule has 0 atom stereocenters. The maximum atomic E-state index is 6.06. The molecule has 2 aromatic rings. The Balaban J connectivity index is 2.34. The highest BCUT2D eigenvalue weighted by atomic mass is 127. The zero-order valence-electron chi connectivity index (χ0n) is 10.4. The predicted octanol–water partition coefficient (Wildman–Crippen LogP) is 4.09. The number of para-hydroxylation sites is 1. The molecule has 0 amide bonds. The SMILES string of the molecule is CN(C)c1ccccc1Sc1ccc(I)cc1N. The molecule has 0 spiro atoms. The molecule has 2 N–H and O–H groups in total. The number of hydrogen-bond acceptors (Lipinski definition) is 3. The van der Waals surface area contributed by atoms with Crippen LogP contribution in [0.25, 0.3) is 0 Å². The first kappa shape index (κ1) is 13.5. The Bertz CT molecular complexity index is 555. The van der Waals surface area contributed by atoms with Gasteiger partial charge in [0.05, 0.1) is 5.69 Å². The fourth-order valence-corrected chi connectivity index (χ4v) is 3.21. The van der Waals surface area contributed by atoms with Crippen molar-refractivity contribution in [2.45, 2.75) is 9.79 Å². The van der Waals surface area contributed by atoms with Gasteiger partial charge in [-0.05, 0) is 52.9 Å². The minimum absolute atomic E-state index is 0.834. The van der Waals surface area contributed by atoms with Crippen molar-refractivity contribution in [3.63, 3.8) is 0 Å². The molecule has 0 aliphatic rings. The highest BCUT2D eigenvalue weighted by molar-refractivity contribution is 14.1. The molecule has 0 aromatic heterocycles. The summed E-state index contributed by atoms with van der Waals surface area (Å²) in [6.45, 7) is 0. The quantitative estimate of drug-likeness (QED) is 0.652. The summed E-state index contributed by atoms with van der Waals surface area (Å²) in [6, 6.07) is 14.5. The fourth-order valence-electron chi connectivity index (χ4n) is 1.64. The third-order valence-electron chi connectivity index (χ3n) is 2.54. The summed E-state index contributed by atoms with van der Waals surface area (Å²) in [5.41, 5.74) is 8.10. The van der Waals surface area contributed by atoms with E-state index in [0.717, 1.165) is 14.2 Å². The van der Waals surface area contributed by atoms with E-state index in [1.54, 1.807) is 11.8 Å². The molecule has 0 heterocycles. The maximum Gasteiger partial charge on any atom is 0.0502 e. The molecule has 0 bridgehead atoms. The largest absolute Gasteiger partial charge is 0.398 e. The van der Waals surface area contributed by atoms with Crippen LogP contribution in [0.1, 0.15) is 0 Å². The minimum atomic E-state index is 0.834. The van der Waals surface area contributed by atoms with E-state index in [0.29, 0.717) is 0 Å². The van der Waals surface area contributed by atoms with E-state index >= 15 is 0 Å². The number of rotatable bonds is 3. The number of benzene rings is 2. The van der Waals surface area contributed by atoms with Crippen molar-refractivity contribution >= 4 is 45.7 Å². The van der Waals surface area contributed by atoms with Gasteiger partial charge in [-0.25, -0.2) is 0 Å². The molecule has 94 valence electrons. The molecule has 0 radical (unpaired) electrons. The Hall–Kier alpha value is -0.880. The third-order valence-corrected chi connectivity index (χ3v) is 4.37. The van der Waals surface area contributed by atoms with Gasteiger partial charge in [0.15, 0.2) is 0 Å². The van der Waals surface area contributed by atoms with Crippen LogP contribution in [-0.4, -0.2) is 14.1 Å². The van der Waals surface area contributed by atoms with Crippen molar-refractivity contribution in [1.82, 2.24) is 0 Å². The van der Waals surface area contributed by atoms with Gasteiger partial charge in [0.1, 0.15) is 0 Å². The summed E-state index contributed by atoms with van der Waals surface area (Å²) in [7, 11) is 4.10. The van der Waals surface area contributed by atoms with Gasteiger partial charge in [0.2, 0.25) is 0 Å². The van der Waals surface area contributed by atoms with E-state index in [9.17, 15) is 0 Å². The molecule has 0 saturated heterocycles. The summed E-state index contributed by atoms with van der Waals surface area (Å²) in [5, 5.41) is 0. The van der Waals surface area contributed by atoms with Gasteiger partial charge in [0, 0.05) is 33.1 Å². The van der Waals surface area contributed by atoms with Crippen LogP contribution in [0, 0.1) is 3.57 Å². The lowest BCUT2D eigenvalue weighted by Crippen LogP contribution is -2.09. The van der Waals surface area contributed by atoms with Crippen molar-refractivity contribution in [1.29, 1.82) is 0 Å². The highest BCUT2D eigenvalue weighted by Crippen LogP contribution is 2.37. The van der Waals surface area contributed by atoms with Crippen LogP contribution in [0.15, 0.2) is 52.3 Å². The number of nitrogen functional groups attached to an aromatic ring is 1. The van der Waals surface area contributed by atoms with Crippen molar-refractivity contribution in [3.8, 4) is 0 Å². The van der Waals surface area contributed by atoms with Gasteiger partial charge in [-0.2, -0.15) is 0 Å². The van der Waals surface area contributed by atoms with E-state index < -0.39 is 0 Å². The molecule has 2 aromatic carbocycles. The van der Waals surface area contributed by atoms with E-state index in [4.69, 9.17) is 5.73 Å². The standard InChI is InChI=1S/C14H15IN2S/c1-17(2)12-5-3-4-6-14(12)18-13-8-7-10(15)9-11(13)16/h3-9H,16H2,1-2H3. The molecule has 0 fully saturated rings. The second kappa shape index (κ2) is 5.84. The lowest BCUT2D eigenvalue weighted by Gasteiger charge is -2.17. The van der Waals surface area contributed by atoms with Crippen LogP contribution in [-0.2, 0) is 0 Å². The number of nitrogens with two attached hydrogens (primary N) is 1. The number of anilines is 2. The zero-order valence-corrected chi connectivity index (χ0v) is 13.3. The normalized spacial score (nSPS) is 10.4. The van der Waals surface area contributed by atoms with Crippen molar-refractivity contribution in [3.05, 3.63) is 46.0 Å². The Labute approximate surface area is 126 Å². The predicted molar refractivity (Wildman–Crippen MR) is 88.5 cm³/mol. The van der Waals surface area contributed by atoms with Crippen LogP contribution < -0.4 is 10.6 Å². The van der Waals surface area contributed by atoms with Gasteiger partial charge < -0.3 is 10.6 Å². The minimum Gasteiger partial charge on any atom is -0.398 e. The average Bonchev–Trinajstić information content (AvgIpc) is 2.33. The Kier molecular flexibility index (Phi) is 4.40. The lowest BCUT2D eigenvalue weighted by atomic mass is 10.3. The number of nitrogens with zero attached hydrogens (tertiary/aromatic N) is 1. The first-order valence-corrected chi connectivity index (χ1v) is 7.46. The molecule has 4 heteroatoms. The smallest absolute Gasteiger partial charge is 0.0502 e. The molecule has 0 unspecified atom stereocenters. The van der Waals surface area contributed by atoms with E-state index in [1.807, 2.05) is 6.07 Å².